The van der Waals surface area contributed by atoms with Gasteiger partial charge in [-0.15, -0.1) is 0 Å². The number of nitrogens with zero attached hydrogens (tertiary/aromatic N) is 3. The van der Waals surface area contributed by atoms with Gasteiger partial charge in [0.15, 0.2) is 5.96 Å². The van der Waals surface area contributed by atoms with Crippen molar-refractivity contribution in [2.24, 2.45) is 4.99 Å². The van der Waals surface area contributed by atoms with Crippen LogP contribution in [0, 0.1) is 0 Å². The average molecular weight is 403 g/mol. The van der Waals surface area contributed by atoms with Crippen LogP contribution < -0.4 is 5.32 Å². The second-order valence-electron chi connectivity index (χ2n) is 8.02. The summed E-state index contributed by atoms with van der Waals surface area (Å²) in [5, 5.41) is 3.54. The molecular weight excluding hydrogens is 368 g/mol. The first-order valence-electron chi connectivity index (χ1n) is 10.9. The van der Waals surface area contributed by atoms with E-state index in [0.29, 0.717) is 0 Å². The molecular formula is C22H34N4O3. The standard InChI is InChI=1S/C22H34N4O3/c1-23-22(26-9-13-29-21(17-26)20-6-3-10-28-20)24-15-18-4-2-5-19(14-18)16-25-7-11-27-12-8-25/h2,4-5,14,20-21H,3,6-13,15-17H2,1H3,(H,23,24). The van der Waals surface area contributed by atoms with Crippen molar-refractivity contribution in [2.75, 3.05) is 59.7 Å². The Kier molecular flexibility index (Phi) is 7.38. The van der Waals surface area contributed by atoms with E-state index < -0.39 is 0 Å². The Morgan fingerprint density at radius 3 is 2.69 bits per heavy atom. The molecule has 1 aromatic rings. The lowest BCUT2D eigenvalue weighted by atomic mass is 10.1. The van der Waals surface area contributed by atoms with E-state index >= 15 is 0 Å². The van der Waals surface area contributed by atoms with E-state index in [1.54, 1.807) is 0 Å². The Hall–Kier alpha value is -1.67. The van der Waals surface area contributed by atoms with Crippen LogP contribution in [-0.4, -0.2) is 87.6 Å². The van der Waals surface area contributed by atoms with Crippen LogP contribution in [0.3, 0.4) is 0 Å². The maximum Gasteiger partial charge on any atom is 0.194 e. The van der Waals surface area contributed by atoms with Crippen molar-refractivity contribution in [2.45, 2.75) is 38.1 Å². The molecule has 2 unspecified atom stereocenters. The monoisotopic (exact) mass is 402 g/mol. The lowest BCUT2D eigenvalue weighted by Gasteiger charge is -2.37. The number of aliphatic imine (C=N–C) groups is 1. The largest absolute Gasteiger partial charge is 0.379 e. The number of ether oxygens (including phenoxy) is 3. The van der Waals surface area contributed by atoms with Crippen LogP contribution in [0.5, 0.6) is 0 Å². The summed E-state index contributed by atoms with van der Waals surface area (Å²) < 4.78 is 17.3. The Labute approximate surface area is 174 Å². The van der Waals surface area contributed by atoms with Gasteiger partial charge in [0, 0.05) is 52.9 Å². The second kappa shape index (κ2) is 10.4. The Bertz CT molecular complexity index is 672. The minimum atomic E-state index is 0.140. The molecule has 2 atom stereocenters. The molecule has 1 aromatic carbocycles. The Morgan fingerprint density at radius 1 is 1.07 bits per heavy atom. The van der Waals surface area contributed by atoms with E-state index in [-0.39, 0.29) is 12.2 Å². The fourth-order valence-electron chi connectivity index (χ4n) is 4.36. The number of rotatable bonds is 5. The molecule has 0 amide bonds. The zero-order valence-corrected chi connectivity index (χ0v) is 17.5. The van der Waals surface area contributed by atoms with E-state index in [0.717, 1.165) is 84.5 Å². The molecule has 3 fully saturated rings. The number of guanidine groups is 1. The highest BCUT2D eigenvalue weighted by molar-refractivity contribution is 5.80. The predicted octanol–water partition coefficient (Wildman–Crippen LogP) is 1.47. The number of benzene rings is 1. The van der Waals surface area contributed by atoms with Crippen LogP contribution >= 0.6 is 0 Å². The first-order chi connectivity index (χ1) is 14.3. The summed E-state index contributed by atoms with van der Waals surface area (Å²) in [5.41, 5.74) is 2.63. The highest BCUT2D eigenvalue weighted by Crippen LogP contribution is 2.21. The van der Waals surface area contributed by atoms with Gasteiger partial charge in [0.25, 0.3) is 0 Å². The van der Waals surface area contributed by atoms with Crippen molar-refractivity contribution in [1.82, 2.24) is 15.1 Å². The molecule has 3 aliphatic heterocycles. The van der Waals surface area contributed by atoms with Crippen molar-refractivity contribution in [3.63, 3.8) is 0 Å². The zero-order chi connectivity index (χ0) is 19.9. The van der Waals surface area contributed by atoms with Crippen molar-refractivity contribution >= 4 is 5.96 Å². The molecule has 7 heteroatoms. The van der Waals surface area contributed by atoms with Gasteiger partial charge in [-0.3, -0.25) is 9.89 Å². The van der Waals surface area contributed by atoms with Crippen LogP contribution in [-0.2, 0) is 27.3 Å². The molecule has 7 nitrogen and oxygen atoms in total. The van der Waals surface area contributed by atoms with E-state index in [1.165, 1.54) is 11.1 Å². The normalized spacial score (nSPS) is 26.7. The van der Waals surface area contributed by atoms with Gasteiger partial charge < -0.3 is 24.4 Å². The molecule has 0 aromatic heterocycles. The number of hydrogen-bond acceptors (Lipinski definition) is 5. The van der Waals surface area contributed by atoms with Crippen LogP contribution in [0.25, 0.3) is 0 Å². The van der Waals surface area contributed by atoms with Gasteiger partial charge in [-0.25, -0.2) is 0 Å². The van der Waals surface area contributed by atoms with Crippen molar-refractivity contribution < 1.29 is 14.2 Å². The smallest absolute Gasteiger partial charge is 0.194 e. The third-order valence-electron chi connectivity index (χ3n) is 5.94. The predicted molar refractivity (Wildman–Crippen MR) is 113 cm³/mol. The van der Waals surface area contributed by atoms with Gasteiger partial charge in [-0.1, -0.05) is 24.3 Å². The first-order valence-corrected chi connectivity index (χ1v) is 10.9. The molecule has 0 radical (unpaired) electrons. The summed E-state index contributed by atoms with van der Waals surface area (Å²) in [6, 6.07) is 8.83. The van der Waals surface area contributed by atoms with Crippen LogP contribution in [0.2, 0.25) is 0 Å². The Morgan fingerprint density at radius 2 is 1.90 bits per heavy atom. The van der Waals surface area contributed by atoms with Crippen LogP contribution in [0.4, 0.5) is 0 Å². The lowest BCUT2D eigenvalue weighted by molar-refractivity contribution is -0.0817. The lowest BCUT2D eigenvalue weighted by Crippen LogP contribution is -2.53. The van der Waals surface area contributed by atoms with Gasteiger partial charge in [-0.2, -0.15) is 0 Å². The van der Waals surface area contributed by atoms with Gasteiger partial charge in [0.05, 0.1) is 25.9 Å². The average Bonchev–Trinajstić information content (AvgIpc) is 3.31. The highest BCUT2D eigenvalue weighted by atomic mass is 16.5. The fraction of sp³-hybridized carbons (Fsp3) is 0.682. The third-order valence-corrected chi connectivity index (χ3v) is 5.94. The van der Waals surface area contributed by atoms with E-state index in [9.17, 15) is 0 Å². The van der Waals surface area contributed by atoms with E-state index in [1.807, 2.05) is 7.05 Å². The van der Waals surface area contributed by atoms with Crippen molar-refractivity contribution in [1.29, 1.82) is 0 Å². The number of hydrogen-bond donors (Lipinski definition) is 1. The molecule has 0 aliphatic carbocycles. The van der Waals surface area contributed by atoms with Crippen molar-refractivity contribution in [3.8, 4) is 0 Å². The van der Waals surface area contributed by atoms with Gasteiger partial charge >= 0.3 is 0 Å². The summed E-state index contributed by atoms with van der Waals surface area (Å²) in [5.74, 6) is 0.940. The molecule has 0 saturated carbocycles. The molecule has 0 bridgehead atoms. The summed E-state index contributed by atoms with van der Waals surface area (Å²) in [4.78, 5) is 9.27. The zero-order valence-electron chi connectivity index (χ0n) is 17.5. The van der Waals surface area contributed by atoms with Crippen LogP contribution in [0.1, 0.15) is 24.0 Å². The maximum absolute atomic E-state index is 5.97. The van der Waals surface area contributed by atoms with Gasteiger partial charge in [-0.05, 0) is 24.0 Å². The molecule has 1 N–H and O–H groups in total. The molecule has 0 spiro atoms. The van der Waals surface area contributed by atoms with Crippen LogP contribution in [0.15, 0.2) is 29.3 Å². The number of morpholine rings is 2. The maximum atomic E-state index is 5.97. The molecule has 3 aliphatic rings. The second-order valence-corrected chi connectivity index (χ2v) is 8.02. The van der Waals surface area contributed by atoms with Gasteiger partial charge in [0.2, 0.25) is 0 Å². The molecule has 3 saturated heterocycles. The highest BCUT2D eigenvalue weighted by Gasteiger charge is 2.32. The van der Waals surface area contributed by atoms with E-state index in [2.05, 4.69) is 44.4 Å². The SMILES string of the molecule is CN=C(NCc1cccc(CN2CCOCC2)c1)N1CCOC(C2CCCO2)C1. The third kappa shape index (κ3) is 5.69. The number of nitrogens with one attached hydrogen (secondary N) is 1. The fourth-order valence-corrected chi connectivity index (χ4v) is 4.36. The molecule has 4 rings (SSSR count). The molecule has 160 valence electrons. The molecule has 29 heavy (non-hydrogen) atoms. The van der Waals surface area contributed by atoms with E-state index in [4.69, 9.17) is 14.2 Å². The van der Waals surface area contributed by atoms with Gasteiger partial charge in [0.1, 0.15) is 6.10 Å². The summed E-state index contributed by atoms with van der Waals surface area (Å²) in [7, 11) is 1.85. The molecule has 3 heterocycles. The topological polar surface area (TPSA) is 58.6 Å². The summed E-state index contributed by atoms with van der Waals surface area (Å²) >= 11 is 0. The summed E-state index contributed by atoms with van der Waals surface area (Å²) in [6.07, 6.45) is 2.60. The Balaban J connectivity index is 1.30. The minimum Gasteiger partial charge on any atom is -0.379 e. The quantitative estimate of drug-likeness (QED) is 0.595. The first kappa shape index (κ1) is 20.6. The summed E-state index contributed by atoms with van der Waals surface area (Å²) in [6.45, 7) is 8.73. The minimum absolute atomic E-state index is 0.140. The van der Waals surface area contributed by atoms with Crippen molar-refractivity contribution in [3.05, 3.63) is 35.4 Å².